The SMILES string of the molecule is Cc1ccccc1-c1c2oc(C(C)C)nc2cc[n+]1C. The molecule has 0 spiro atoms. The van der Waals surface area contributed by atoms with Crippen LogP contribution in [-0.2, 0) is 7.05 Å². The number of hydrogen-bond donors (Lipinski definition) is 0. The molecule has 0 aliphatic rings. The van der Waals surface area contributed by atoms with Crippen molar-refractivity contribution >= 4 is 11.1 Å². The second kappa shape index (κ2) is 4.75. The van der Waals surface area contributed by atoms with Crippen LogP contribution in [0.3, 0.4) is 0 Å². The van der Waals surface area contributed by atoms with Crippen LogP contribution < -0.4 is 4.57 Å². The summed E-state index contributed by atoms with van der Waals surface area (Å²) in [4.78, 5) is 4.59. The van der Waals surface area contributed by atoms with Gasteiger partial charge in [-0.2, -0.15) is 4.57 Å². The summed E-state index contributed by atoms with van der Waals surface area (Å²) < 4.78 is 8.12. The van der Waals surface area contributed by atoms with Gasteiger partial charge in [0, 0.05) is 12.0 Å². The van der Waals surface area contributed by atoms with E-state index in [0.29, 0.717) is 0 Å². The molecule has 3 heteroatoms. The van der Waals surface area contributed by atoms with Gasteiger partial charge in [-0.1, -0.05) is 32.0 Å². The number of oxazole rings is 1. The Labute approximate surface area is 118 Å². The summed E-state index contributed by atoms with van der Waals surface area (Å²) in [5, 5.41) is 0. The van der Waals surface area contributed by atoms with E-state index >= 15 is 0 Å². The summed E-state index contributed by atoms with van der Waals surface area (Å²) >= 11 is 0. The molecule has 2 heterocycles. The number of nitrogens with zero attached hydrogens (tertiary/aromatic N) is 2. The topological polar surface area (TPSA) is 29.9 Å². The van der Waals surface area contributed by atoms with Gasteiger partial charge in [-0.3, -0.25) is 0 Å². The molecule has 1 aromatic carbocycles. The first-order valence-corrected chi connectivity index (χ1v) is 6.93. The Kier molecular flexibility index (Phi) is 3.05. The number of fused-ring (bicyclic) bond motifs is 1. The van der Waals surface area contributed by atoms with Crippen LogP contribution in [0.25, 0.3) is 22.4 Å². The highest BCUT2D eigenvalue weighted by atomic mass is 16.3. The monoisotopic (exact) mass is 267 g/mol. The molecule has 0 fully saturated rings. The second-order valence-electron chi connectivity index (χ2n) is 5.51. The van der Waals surface area contributed by atoms with Crippen LogP contribution in [0.15, 0.2) is 40.9 Å². The number of hydrogen-bond acceptors (Lipinski definition) is 2. The number of rotatable bonds is 2. The maximum absolute atomic E-state index is 6.02. The van der Waals surface area contributed by atoms with E-state index in [4.69, 9.17) is 4.42 Å². The van der Waals surface area contributed by atoms with Crippen molar-refractivity contribution in [2.75, 3.05) is 0 Å². The summed E-state index contributed by atoms with van der Waals surface area (Å²) in [6, 6.07) is 10.4. The second-order valence-corrected chi connectivity index (χ2v) is 5.51. The number of aryl methyl sites for hydroxylation is 2. The minimum atomic E-state index is 0.289. The van der Waals surface area contributed by atoms with Gasteiger partial charge in [0.05, 0.1) is 5.56 Å². The van der Waals surface area contributed by atoms with Gasteiger partial charge in [-0.15, -0.1) is 0 Å². The standard InChI is InChI=1S/C17H19N2O/c1-11(2)17-18-14-9-10-19(4)15(16(14)20-17)13-8-6-5-7-12(13)3/h5-11H,1-4H3/q+1. The predicted molar refractivity (Wildman–Crippen MR) is 79.4 cm³/mol. The van der Waals surface area contributed by atoms with Gasteiger partial charge in [0.1, 0.15) is 12.6 Å². The summed E-state index contributed by atoms with van der Waals surface area (Å²) in [5.74, 6) is 1.08. The van der Waals surface area contributed by atoms with Crippen molar-refractivity contribution in [3.63, 3.8) is 0 Å². The van der Waals surface area contributed by atoms with E-state index in [9.17, 15) is 0 Å². The van der Waals surface area contributed by atoms with Crippen molar-refractivity contribution in [3.05, 3.63) is 48.0 Å². The summed E-state index contributed by atoms with van der Waals surface area (Å²) in [6.45, 7) is 6.31. The molecule has 3 rings (SSSR count). The van der Waals surface area contributed by atoms with E-state index in [2.05, 4.69) is 54.6 Å². The Morgan fingerprint density at radius 3 is 2.60 bits per heavy atom. The lowest BCUT2D eigenvalue weighted by molar-refractivity contribution is -0.659. The van der Waals surface area contributed by atoms with Crippen LogP contribution in [0.1, 0.15) is 31.2 Å². The first-order chi connectivity index (χ1) is 9.58. The van der Waals surface area contributed by atoms with Crippen LogP contribution in [0.4, 0.5) is 0 Å². The lowest BCUT2D eigenvalue weighted by Gasteiger charge is -2.03. The van der Waals surface area contributed by atoms with Crippen molar-refractivity contribution in [1.82, 2.24) is 4.98 Å². The quantitative estimate of drug-likeness (QED) is 0.662. The van der Waals surface area contributed by atoms with Crippen LogP contribution in [0.5, 0.6) is 0 Å². The summed E-state index contributed by atoms with van der Waals surface area (Å²) in [7, 11) is 2.04. The van der Waals surface area contributed by atoms with Crippen LogP contribution in [0.2, 0.25) is 0 Å². The molecule has 0 atom stereocenters. The molecule has 0 aliphatic heterocycles. The van der Waals surface area contributed by atoms with Crippen molar-refractivity contribution in [2.45, 2.75) is 26.7 Å². The molecule has 3 aromatic rings. The van der Waals surface area contributed by atoms with Gasteiger partial charge in [-0.25, -0.2) is 4.98 Å². The van der Waals surface area contributed by atoms with E-state index in [1.54, 1.807) is 0 Å². The zero-order valence-corrected chi connectivity index (χ0v) is 12.3. The third-order valence-corrected chi connectivity index (χ3v) is 3.59. The lowest BCUT2D eigenvalue weighted by Crippen LogP contribution is -2.30. The maximum atomic E-state index is 6.02. The number of benzene rings is 1. The van der Waals surface area contributed by atoms with Gasteiger partial charge in [0.25, 0.3) is 5.69 Å². The smallest absolute Gasteiger partial charge is 0.257 e. The zero-order valence-electron chi connectivity index (χ0n) is 12.3. The molecule has 0 unspecified atom stereocenters. The minimum Gasteiger partial charge on any atom is -0.433 e. The molecule has 0 saturated carbocycles. The van der Waals surface area contributed by atoms with Gasteiger partial charge >= 0.3 is 0 Å². The van der Waals surface area contributed by atoms with Gasteiger partial charge in [0.2, 0.25) is 5.58 Å². The van der Waals surface area contributed by atoms with Crippen molar-refractivity contribution in [2.24, 2.45) is 7.05 Å². The average Bonchev–Trinajstić information content (AvgIpc) is 2.84. The summed E-state index contributed by atoms with van der Waals surface area (Å²) in [6.07, 6.45) is 2.04. The van der Waals surface area contributed by atoms with Crippen molar-refractivity contribution < 1.29 is 8.98 Å². The minimum absolute atomic E-state index is 0.289. The van der Waals surface area contributed by atoms with Crippen LogP contribution in [-0.4, -0.2) is 4.98 Å². The first-order valence-electron chi connectivity index (χ1n) is 6.93. The van der Waals surface area contributed by atoms with E-state index in [0.717, 1.165) is 22.7 Å². The molecule has 0 saturated heterocycles. The fraction of sp³-hybridized carbons (Fsp3) is 0.294. The molecule has 2 aromatic heterocycles. The number of aromatic nitrogens is 2. The van der Waals surface area contributed by atoms with Gasteiger partial charge < -0.3 is 4.42 Å². The van der Waals surface area contributed by atoms with Gasteiger partial charge in [0.15, 0.2) is 12.1 Å². The molecule has 0 aliphatic carbocycles. The first kappa shape index (κ1) is 12.9. The Morgan fingerprint density at radius 1 is 1.15 bits per heavy atom. The molecule has 20 heavy (non-hydrogen) atoms. The third kappa shape index (κ3) is 1.99. The highest BCUT2D eigenvalue weighted by molar-refractivity contribution is 5.86. The molecule has 3 nitrogen and oxygen atoms in total. The Hall–Kier alpha value is -2.16. The predicted octanol–water partition coefficient (Wildman–Crippen LogP) is 3.75. The van der Waals surface area contributed by atoms with E-state index in [1.807, 2.05) is 19.3 Å². The fourth-order valence-corrected chi connectivity index (χ4v) is 2.45. The Morgan fingerprint density at radius 2 is 1.90 bits per heavy atom. The maximum Gasteiger partial charge on any atom is 0.257 e. The fourth-order valence-electron chi connectivity index (χ4n) is 2.45. The normalized spacial score (nSPS) is 11.4. The lowest BCUT2D eigenvalue weighted by atomic mass is 10.0. The molecule has 102 valence electrons. The summed E-state index contributed by atoms with van der Waals surface area (Å²) in [5.41, 5.74) is 5.29. The molecule has 0 amide bonds. The van der Waals surface area contributed by atoms with E-state index in [-0.39, 0.29) is 5.92 Å². The molecule has 0 radical (unpaired) electrons. The molecule has 0 N–H and O–H groups in total. The van der Waals surface area contributed by atoms with E-state index in [1.165, 1.54) is 11.1 Å². The largest absolute Gasteiger partial charge is 0.433 e. The number of pyridine rings is 1. The van der Waals surface area contributed by atoms with Crippen LogP contribution >= 0.6 is 0 Å². The van der Waals surface area contributed by atoms with E-state index < -0.39 is 0 Å². The highest BCUT2D eigenvalue weighted by Gasteiger charge is 2.22. The van der Waals surface area contributed by atoms with Gasteiger partial charge in [-0.05, 0) is 18.6 Å². The Bertz CT molecular complexity index is 772. The third-order valence-electron chi connectivity index (χ3n) is 3.59. The Balaban J connectivity index is 2.34. The zero-order chi connectivity index (χ0) is 14.3. The average molecular weight is 267 g/mol. The molecular formula is C17H19N2O+. The molecule has 0 bridgehead atoms. The van der Waals surface area contributed by atoms with Crippen molar-refractivity contribution in [1.29, 1.82) is 0 Å². The van der Waals surface area contributed by atoms with Crippen LogP contribution in [0, 0.1) is 6.92 Å². The molecular weight excluding hydrogens is 248 g/mol. The van der Waals surface area contributed by atoms with Crippen molar-refractivity contribution in [3.8, 4) is 11.3 Å². The highest BCUT2D eigenvalue weighted by Crippen LogP contribution is 2.29.